The van der Waals surface area contributed by atoms with E-state index in [0.29, 0.717) is 31.6 Å². The van der Waals surface area contributed by atoms with Crippen LogP contribution in [0.1, 0.15) is 414 Å². The molecular formula is C79H154O17P2. The van der Waals surface area contributed by atoms with Gasteiger partial charge in [-0.1, -0.05) is 363 Å². The summed E-state index contributed by atoms with van der Waals surface area (Å²) in [4.78, 5) is 72.9. The van der Waals surface area contributed by atoms with Gasteiger partial charge in [0.1, 0.15) is 19.3 Å². The maximum atomic E-state index is 13.1. The molecule has 582 valence electrons. The first-order chi connectivity index (χ1) is 47.4. The van der Waals surface area contributed by atoms with Crippen LogP contribution in [-0.2, 0) is 65.4 Å². The van der Waals surface area contributed by atoms with Crippen LogP contribution in [0.5, 0.6) is 0 Å². The smallest absolute Gasteiger partial charge is 0.462 e. The molecule has 17 nitrogen and oxygen atoms in total. The Morgan fingerprint density at radius 2 is 0.469 bits per heavy atom. The number of carbonyl (C=O) groups is 4. The van der Waals surface area contributed by atoms with E-state index >= 15 is 0 Å². The predicted molar refractivity (Wildman–Crippen MR) is 400 cm³/mol. The Hall–Kier alpha value is -1.94. The van der Waals surface area contributed by atoms with Gasteiger partial charge in [0, 0.05) is 25.7 Å². The maximum Gasteiger partial charge on any atom is 0.472 e. The lowest BCUT2D eigenvalue weighted by molar-refractivity contribution is -0.161. The lowest BCUT2D eigenvalue weighted by Gasteiger charge is -2.21. The zero-order valence-corrected chi connectivity index (χ0v) is 65.9. The second kappa shape index (κ2) is 70.7. The van der Waals surface area contributed by atoms with Crippen molar-refractivity contribution in [3.8, 4) is 0 Å². The number of phosphoric acid groups is 2. The first-order valence-electron chi connectivity index (χ1n) is 41.0. The van der Waals surface area contributed by atoms with E-state index < -0.39 is 97.5 Å². The number of ether oxygens (including phenoxy) is 4. The molecule has 0 spiro atoms. The van der Waals surface area contributed by atoms with Gasteiger partial charge in [-0.25, -0.2) is 9.13 Å². The van der Waals surface area contributed by atoms with Gasteiger partial charge in [0.25, 0.3) is 0 Å². The SMILES string of the molecule is CCCCCCCCCCCCCCCCCCCCCCCC(=O)O[C@H](COC(=O)CCCCCCCCCCCCCCCCC)COP(=O)(O)OC[C@@H](O)COP(=O)(O)OC[C@@H](COC(=O)CCCCCCCCCC(C)C)OC(=O)CCCCCCCCCCCC(C)C. The summed E-state index contributed by atoms with van der Waals surface area (Å²) in [5.74, 6) is -0.672. The number of unbranched alkanes of at least 4 members (excludes halogenated alkanes) is 48. The largest absolute Gasteiger partial charge is 0.472 e. The Kier molecular flexibility index (Phi) is 69.3. The standard InChI is InChI=1S/C79H154O17P2/c1-7-9-11-13-15-17-19-21-23-24-25-26-27-28-30-32-34-38-44-51-57-63-78(83)95-74(67-89-76(81)61-55-49-43-37-33-31-29-22-20-18-16-14-12-10-8-2)69-93-97(85,86)91-65-73(80)66-92-98(87,88)94-70-75(68-90-77(82)62-56-50-46-40-42-48-54-60-72(5)6)96-79(84)64-58-52-45-39-35-36-41-47-53-59-71(3)4/h71-75,80H,7-70H2,1-6H3,(H,85,86)(H,87,88)/t73-,74-,75-/m1/s1. The Morgan fingerprint density at radius 3 is 0.694 bits per heavy atom. The highest BCUT2D eigenvalue weighted by Crippen LogP contribution is 2.45. The highest BCUT2D eigenvalue weighted by Gasteiger charge is 2.30. The molecule has 3 N–H and O–H groups in total. The zero-order chi connectivity index (χ0) is 72.1. The topological polar surface area (TPSA) is 237 Å². The first-order valence-corrected chi connectivity index (χ1v) is 44.0. The lowest BCUT2D eigenvalue weighted by Crippen LogP contribution is -2.30. The minimum atomic E-state index is -4.96. The van der Waals surface area contributed by atoms with Crippen molar-refractivity contribution < 1.29 is 80.2 Å². The number of rotatable bonds is 78. The molecule has 5 atom stereocenters. The summed E-state index contributed by atoms with van der Waals surface area (Å²) in [7, 11) is -9.91. The summed E-state index contributed by atoms with van der Waals surface area (Å²) in [6, 6.07) is 0. The van der Waals surface area contributed by atoms with E-state index in [0.717, 1.165) is 102 Å². The summed E-state index contributed by atoms with van der Waals surface area (Å²) >= 11 is 0. The van der Waals surface area contributed by atoms with Crippen LogP contribution in [0, 0.1) is 11.8 Å². The normalized spacial score (nSPS) is 13.9. The van der Waals surface area contributed by atoms with Crippen molar-refractivity contribution >= 4 is 39.5 Å². The molecule has 0 bridgehead atoms. The fourth-order valence-electron chi connectivity index (χ4n) is 12.2. The molecule has 0 aromatic carbocycles. The lowest BCUT2D eigenvalue weighted by atomic mass is 10.0. The quantitative estimate of drug-likeness (QED) is 0.0222. The van der Waals surface area contributed by atoms with E-state index in [1.807, 2.05) is 0 Å². The molecule has 0 aliphatic heterocycles. The van der Waals surface area contributed by atoms with Crippen LogP contribution in [0.15, 0.2) is 0 Å². The summed E-state index contributed by atoms with van der Waals surface area (Å²) in [6.45, 7) is 9.53. The molecule has 0 fully saturated rings. The van der Waals surface area contributed by atoms with E-state index in [1.165, 1.54) is 225 Å². The molecule has 19 heteroatoms. The Labute approximate surface area is 600 Å². The van der Waals surface area contributed by atoms with E-state index in [9.17, 15) is 43.2 Å². The summed E-state index contributed by atoms with van der Waals surface area (Å²) < 4.78 is 68.6. The van der Waals surface area contributed by atoms with Gasteiger partial charge in [0.05, 0.1) is 26.4 Å². The van der Waals surface area contributed by atoms with Gasteiger partial charge < -0.3 is 33.8 Å². The highest BCUT2D eigenvalue weighted by molar-refractivity contribution is 7.47. The van der Waals surface area contributed by atoms with Crippen LogP contribution in [0.3, 0.4) is 0 Å². The number of esters is 4. The summed E-state index contributed by atoms with van der Waals surface area (Å²) in [5.41, 5.74) is 0. The van der Waals surface area contributed by atoms with Crippen molar-refractivity contribution in [3.63, 3.8) is 0 Å². The monoisotopic (exact) mass is 1440 g/mol. The van der Waals surface area contributed by atoms with E-state index in [4.69, 9.17) is 37.0 Å². The molecule has 0 heterocycles. The predicted octanol–water partition coefficient (Wildman–Crippen LogP) is 23.5. The summed E-state index contributed by atoms with van der Waals surface area (Å²) in [6.07, 6.45) is 59.9. The van der Waals surface area contributed by atoms with Crippen LogP contribution >= 0.6 is 15.6 Å². The van der Waals surface area contributed by atoms with Crippen LogP contribution in [0.2, 0.25) is 0 Å². The average molecular weight is 1440 g/mol. The van der Waals surface area contributed by atoms with Crippen molar-refractivity contribution in [1.82, 2.24) is 0 Å². The van der Waals surface area contributed by atoms with Crippen molar-refractivity contribution in [3.05, 3.63) is 0 Å². The molecular weight excluding hydrogens is 1280 g/mol. The van der Waals surface area contributed by atoms with Gasteiger partial charge >= 0.3 is 39.5 Å². The van der Waals surface area contributed by atoms with Gasteiger partial charge in [-0.2, -0.15) is 0 Å². The first kappa shape index (κ1) is 96.1. The van der Waals surface area contributed by atoms with Gasteiger partial charge in [0.2, 0.25) is 0 Å². The Bertz CT molecular complexity index is 1890. The third-order valence-corrected chi connectivity index (χ3v) is 20.4. The fourth-order valence-corrected chi connectivity index (χ4v) is 13.8. The number of carbonyl (C=O) groups excluding carboxylic acids is 4. The minimum Gasteiger partial charge on any atom is -0.462 e. The number of aliphatic hydroxyl groups is 1. The minimum absolute atomic E-state index is 0.105. The van der Waals surface area contributed by atoms with E-state index in [2.05, 4.69) is 41.5 Å². The van der Waals surface area contributed by atoms with E-state index in [1.54, 1.807) is 0 Å². The number of aliphatic hydroxyl groups excluding tert-OH is 1. The molecule has 0 saturated carbocycles. The van der Waals surface area contributed by atoms with Gasteiger partial charge in [-0.15, -0.1) is 0 Å². The average Bonchev–Trinajstić information content (AvgIpc) is 1.32. The van der Waals surface area contributed by atoms with Crippen molar-refractivity contribution in [2.24, 2.45) is 11.8 Å². The molecule has 0 radical (unpaired) electrons. The molecule has 0 aromatic heterocycles. The second-order valence-corrected chi connectivity index (χ2v) is 32.3. The Balaban J connectivity index is 5.21. The van der Waals surface area contributed by atoms with Crippen LogP contribution < -0.4 is 0 Å². The van der Waals surface area contributed by atoms with Crippen LogP contribution in [-0.4, -0.2) is 96.7 Å². The van der Waals surface area contributed by atoms with Crippen LogP contribution in [0.4, 0.5) is 0 Å². The van der Waals surface area contributed by atoms with Crippen molar-refractivity contribution in [2.75, 3.05) is 39.6 Å². The third kappa shape index (κ3) is 72.4. The van der Waals surface area contributed by atoms with Gasteiger partial charge in [0.15, 0.2) is 12.2 Å². The molecule has 0 rings (SSSR count). The molecule has 0 aromatic rings. The summed E-state index contributed by atoms with van der Waals surface area (Å²) in [5, 5.41) is 10.6. The Morgan fingerprint density at radius 1 is 0.276 bits per heavy atom. The highest BCUT2D eigenvalue weighted by atomic mass is 31.2. The third-order valence-electron chi connectivity index (χ3n) is 18.5. The van der Waals surface area contributed by atoms with E-state index in [-0.39, 0.29) is 25.7 Å². The molecule has 0 aliphatic rings. The molecule has 0 saturated heterocycles. The molecule has 0 amide bonds. The van der Waals surface area contributed by atoms with Crippen molar-refractivity contribution in [1.29, 1.82) is 0 Å². The van der Waals surface area contributed by atoms with Crippen molar-refractivity contribution in [2.45, 2.75) is 432 Å². The second-order valence-electron chi connectivity index (χ2n) is 29.4. The fraction of sp³-hybridized carbons (Fsp3) is 0.949. The zero-order valence-electron chi connectivity index (χ0n) is 64.1. The number of hydrogen-bond donors (Lipinski definition) is 3. The van der Waals surface area contributed by atoms with Crippen LogP contribution in [0.25, 0.3) is 0 Å². The van der Waals surface area contributed by atoms with Gasteiger partial charge in [-0.3, -0.25) is 37.3 Å². The molecule has 98 heavy (non-hydrogen) atoms. The maximum absolute atomic E-state index is 13.1. The number of hydrogen-bond acceptors (Lipinski definition) is 15. The molecule has 2 unspecified atom stereocenters. The molecule has 0 aliphatic carbocycles. The number of phosphoric ester groups is 2. The van der Waals surface area contributed by atoms with Gasteiger partial charge in [-0.05, 0) is 37.5 Å².